The van der Waals surface area contributed by atoms with E-state index in [1.54, 1.807) is 4.57 Å². The molecule has 0 saturated heterocycles. The Morgan fingerprint density at radius 3 is 2.33 bits per heavy atom. The second-order valence-corrected chi connectivity index (χ2v) is 5.11. The van der Waals surface area contributed by atoms with Crippen molar-refractivity contribution in [2.45, 2.75) is 44.8 Å². The van der Waals surface area contributed by atoms with Crippen LogP contribution in [-0.4, -0.2) is 21.0 Å². The van der Waals surface area contributed by atoms with Gasteiger partial charge in [0.15, 0.2) is 5.16 Å². The number of hydrogen-bond acceptors (Lipinski definition) is 4. The van der Waals surface area contributed by atoms with Crippen LogP contribution in [0.4, 0.5) is 0 Å². The predicted octanol–water partition coefficient (Wildman–Crippen LogP) is 1.68. The van der Waals surface area contributed by atoms with E-state index < -0.39 is 0 Å². The van der Waals surface area contributed by atoms with Crippen LogP contribution in [0.5, 0.6) is 0 Å². The van der Waals surface area contributed by atoms with Gasteiger partial charge in [-0.2, -0.15) is 0 Å². The molecule has 0 saturated carbocycles. The van der Waals surface area contributed by atoms with E-state index in [1.165, 1.54) is 11.8 Å². The second-order valence-electron chi connectivity index (χ2n) is 4.33. The Morgan fingerprint density at radius 1 is 1.33 bits per heavy atom. The zero-order valence-corrected chi connectivity index (χ0v) is 10.7. The smallest absolute Gasteiger partial charge is 0.276 e. The fourth-order valence-corrected chi connectivity index (χ4v) is 1.86. The molecule has 0 unspecified atom stereocenters. The van der Waals surface area contributed by atoms with Gasteiger partial charge in [0.2, 0.25) is 0 Å². The molecule has 1 heterocycles. The topological polar surface area (TPSA) is 47.8 Å². The molecule has 1 rings (SSSR count). The van der Waals surface area contributed by atoms with Crippen LogP contribution in [0.25, 0.3) is 0 Å². The maximum absolute atomic E-state index is 12.1. The first kappa shape index (κ1) is 12.2. The number of aromatic nitrogens is 3. The first-order chi connectivity index (χ1) is 6.91. The summed E-state index contributed by atoms with van der Waals surface area (Å²) in [5.41, 5.74) is 0.254. The van der Waals surface area contributed by atoms with Gasteiger partial charge in [-0.25, -0.2) is 0 Å². The molecule has 0 fully saturated rings. The highest BCUT2D eigenvalue weighted by molar-refractivity contribution is 7.98. The van der Waals surface area contributed by atoms with Gasteiger partial charge in [0.05, 0.1) is 0 Å². The van der Waals surface area contributed by atoms with Crippen molar-refractivity contribution in [2.24, 2.45) is 0 Å². The molecule has 0 N–H and O–H groups in total. The van der Waals surface area contributed by atoms with Gasteiger partial charge in [-0.05, 0) is 13.2 Å². The number of hydrogen-bond donors (Lipinski definition) is 0. The van der Waals surface area contributed by atoms with E-state index in [0.717, 1.165) is 0 Å². The zero-order valence-electron chi connectivity index (χ0n) is 9.87. The van der Waals surface area contributed by atoms with Gasteiger partial charge in [-0.3, -0.25) is 9.36 Å². The van der Waals surface area contributed by atoms with E-state index in [9.17, 15) is 4.79 Å². The van der Waals surface area contributed by atoms with Crippen molar-refractivity contribution in [2.75, 3.05) is 6.26 Å². The standard InChI is InChI=1S/C10H17N3OS/c1-6-13-8(14)7(10(2,3)4)11-12-9(13)15-5/h6H2,1-5H3. The minimum Gasteiger partial charge on any atom is -0.285 e. The minimum absolute atomic E-state index is 0.0237. The summed E-state index contributed by atoms with van der Waals surface area (Å²) in [7, 11) is 0. The Kier molecular flexibility index (Phi) is 3.54. The average Bonchev–Trinajstić information content (AvgIpc) is 2.15. The van der Waals surface area contributed by atoms with Crippen LogP contribution in [0.15, 0.2) is 9.95 Å². The average molecular weight is 227 g/mol. The van der Waals surface area contributed by atoms with Crippen LogP contribution in [0, 0.1) is 0 Å². The molecule has 0 aliphatic carbocycles. The lowest BCUT2D eigenvalue weighted by Gasteiger charge is -2.17. The highest BCUT2D eigenvalue weighted by Gasteiger charge is 2.22. The lowest BCUT2D eigenvalue weighted by Crippen LogP contribution is -2.33. The SMILES string of the molecule is CCn1c(SC)nnc(C(C)(C)C)c1=O. The molecule has 0 amide bonds. The molecule has 0 atom stereocenters. The molecule has 0 aromatic carbocycles. The van der Waals surface area contributed by atoms with Gasteiger partial charge in [0, 0.05) is 12.0 Å². The van der Waals surface area contributed by atoms with Crippen molar-refractivity contribution in [1.82, 2.24) is 14.8 Å². The van der Waals surface area contributed by atoms with Crippen LogP contribution < -0.4 is 5.56 Å². The molecule has 1 aromatic heterocycles. The predicted molar refractivity (Wildman–Crippen MR) is 62.4 cm³/mol. The van der Waals surface area contributed by atoms with E-state index in [-0.39, 0.29) is 11.0 Å². The summed E-state index contributed by atoms with van der Waals surface area (Å²) in [5, 5.41) is 8.77. The Balaban J connectivity index is 3.43. The summed E-state index contributed by atoms with van der Waals surface area (Å²) in [6, 6.07) is 0. The van der Waals surface area contributed by atoms with Gasteiger partial charge in [0.25, 0.3) is 5.56 Å². The Labute approximate surface area is 94.1 Å². The third kappa shape index (κ3) is 2.40. The van der Waals surface area contributed by atoms with E-state index in [2.05, 4.69) is 10.2 Å². The van der Waals surface area contributed by atoms with Crippen LogP contribution in [0.2, 0.25) is 0 Å². The molecule has 1 aromatic rings. The van der Waals surface area contributed by atoms with Crippen molar-refractivity contribution >= 4 is 11.8 Å². The molecular weight excluding hydrogens is 210 g/mol. The van der Waals surface area contributed by atoms with Crippen LogP contribution in [0.3, 0.4) is 0 Å². The summed E-state index contributed by atoms with van der Waals surface area (Å²) in [6.45, 7) is 8.48. The van der Waals surface area contributed by atoms with E-state index in [0.29, 0.717) is 17.4 Å². The van der Waals surface area contributed by atoms with Gasteiger partial charge >= 0.3 is 0 Å². The summed E-state index contributed by atoms with van der Waals surface area (Å²) in [5.74, 6) is 0. The van der Waals surface area contributed by atoms with Crippen LogP contribution >= 0.6 is 11.8 Å². The lowest BCUT2D eigenvalue weighted by atomic mass is 9.93. The molecule has 84 valence electrons. The van der Waals surface area contributed by atoms with Crippen molar-refractivity contribution < 1.29 is 0 Å². The maximum atomic E-state index is 12.1. The summed E-state index contributed by atoms with van der Waals surface area (Å²) >= 11 is 1.44. The van der Waals surface area contributed by atoms with E-state index in [1.807, 2.05) is 34.0 Å². The largest absolute Gasteiger partial charge is 0.285 e. The fraction of sp³-hybridized carbons (Fsp3) is 0.700. The Hall–Kier alpha value is -0.840. The number of thioether (sulfide) groups is 1. The minimum atomic E-state index is -0.252. The van der Waals surface area contributed by atoms with Crippen LogP contribution in [-0.2, 0) is 12.0 Å². The van der Waals surface area contributed by atoms with Gasteiger partial charge in [-0.15, -0.1) is 10.2 Å². The highest BCUT2D eigenvalue weighted by atomic mass is 32.2. The lowest BCUT2D eigenvalue weighted by molar-refractivity contribution is 0.496. The maximum Gasteiger partial charge on any atom is 0.276 e. The first-order valence-electron chi connectivity index (χ1n) is 4.93. The number of rotatable bonds is 2. The quantitative estimate of drug-likeness (QED) is 0.721. The molecule has 4 nitrogen and oxygen atoms in total. The van der Waals surface area contributed by atoms with Crippen molar-refractivity contribution in [3.63, 3.8) is 0 Å². The van der Waals surface area contributed by atoms with Crippen molar-refractivity contribution in [3.8, 4) is 0 Å². The first-order valence-corrected chi connectivity index (χ1v) is 6.16. The second kappa shape index (κ2) is 4.35. The van der Waals surface area contributed by atoms with Crippen LogP contribution in [0.1, 0.15) is 33.4 Å². The molecule has 0 radical (unpaired) electrons. The molecular formula is C10H17N3OS. The molecule has 0 bridgehead atoms. The third-order valence-corrected chi connectivity index (χ3v) is 2.79. The molecule has 0 aliphatic rings. The van der Waals surface area contributed by atoms with Gasteiger partial charge < -0.3 is 0 Å². The molecule has 0 aliphatic heterocycles. The Morgan fingerprint density at radius 2 is 1.93 bits per heavy atom. The van der Waals surface area contributed by atoms with Crippen molar-refractivity contribution in [1.29, 1.82) is 0 Å². The summed E-state index contributed by atoms with van der Waals surface area (Å²) in [6.07, 6.45) is 1.90. The van der Waals surface area contributed by atoms with Crippen molar-refractivity contribution in [3.05, 3.63) is 16.0 Å². The van der Waals surface area contributed by atoms with Gasteiger partial charge in [-0.1, -0.05) is 32.5 Å². The van der Waals surface area contributed by atoms with E-state index >= 15 is 0 Å². The Bertz CT molecular complexity index is 406. The monoisotopic (exact) mass is 227 g/mol. The molecule has 15 heavy (non-hydrogen) atoms. The van der Waals surface area contributed by atoms with E-state index in [4.69, 9.17) is 0 Å². The highest BCUT2D eigenvalue weighted by Crippen LogP contribution is 2.17. The van der Waals surface area contributed by atoms with Gasteiger partial charge in [0.1, 0.15) is 5.69 Å². The number of nitrogens with zero attached hydrogens (tertiary/aromatic N) is 3. The summed E-state index contributed by atoms with van der Waals surface area (Å²) < 4.78 is 1.66. The molecule has 0 spiro atoms. The third-order valence-electron chi connectivity index (χ3n) is 2.12. The normalized spacial score (nSPS) is 11.8. The zero-order chi connectivity index (χ0) is 11.6. The fourth-order valence-electron chi connectivity index (χ4n) is 1.30. The summed E-state index contributed by atoms with van der Waals surface area (Å²) in [4.78, 5) is 12.1. The molecule has 5 heteroatoms.